The van der Waals surface area contributed by atoms with Crippen molar-refractivity contribution in [3.8, 4) is 0 Å². The van der Waals surface area contributed by atoms with Crippen molar-refractivity contribution in [3.05, 3.63) is 84.8 Å². The number of rotatable bonds is 3. The zero-order valence-corrected chi connectivity index (χ0v) is 13.0. The molecule has 0 unspecified atom stereocenters. The number of hydrogen-bond acceptors (Lipinski definition) is 4. The molecule has 1 aromatic heterocycles. The molecule has 0 bridgehead atoms. The van der Waals surface area contributed by atoms with Gasteiger partial charge in [0, 0.05) is 0 Å². The molecule has 0 radical (unpaired) electrons. The Morgan fingerprint density at radius 1 is 0.826 bits per heavy atom. The third-order valence-electron chi connectivity index (χ3n) is 3.48. The Bertz CT molecular complexity index is 775. The fourth-order valence-corrected chi connectivity index (χ4v) is 2.40. The van der Waals surface area contributed by atoms with Crippen molar-refractivity contribution in [2.24, 2.45) is 5.10 Å². The van der Waals surface area contributed by atoms with Crippen molar-refractivity contribution in [1.29, 1.82) is 0 Å². The van der Waals surface area contributed by atoms with E-state index in [1.54, 1.807) is 12.5 Å². The number of nitrogens with two attached hydrogens (primary N) is 1. The molecule has 3 aromatic rings. The summed E-state index contributed by atoms with van der Waals surface area (Å²) >= 11 is 0. The molecule has 6 heteroatoms. The molecule has 4 rings (SSSR count). The summed E-state index contributed by atoms with van der Waals surface area (Å²) in [4.78, 5) is 0. The number of hydrazine groups is 1. The standard InChI is InChI=1S/C17H14N4O.ClH/c1-3-7-15(8-4-1)20-18-17(14-11-12-22-13-14)19-21(20)16-9-5-2-6-10-16;/h1-13H,(H,18,19);1H. The first-order chi connectivity index (χ1) is 10.9. The Morgan fingerprint density at radius 2 is 1.48 bits per heavy atom. The molecule has 0 spiro atoms. The van der Waals surface area contributed by atoms with Crippen molar-refractivity contribution in [2.45, 2.75) is 0 Å². The smallest absolute Gasteiger partial charge is 0.280 e. The molecule has 2 N–H and O–H groups in total. The molecule has 0 amide bonds. The fourth-order valence-electron chi connectivity index (χ4n) is 2.40. The number of para-hydroxylation sites is 2. The minimum absolute atomic E-state index is 0. The lowest BCUT2D eigenvalue weighted by atomic mass is 10.3. The minimum Gasteiger partial charge on any atom is -1.00 e. The largest absolute Gasteiger partial charge is 1.00 e. The van der Waals surface area contributed by atoms with E-state index in [0.717, 1.165) is 22.8 Å². The van der Waals surface area contributed by atoms with Gasteiger partial charge in [-0.3, -0.25) is 0 Å². The summed E-state index contributed by atoms with van der Waals surface area (Å²) in [5, 5.41) is 8.63. The van der Waals surface area contributed by atoms with Crippen LogP contribution in [0.3, 0.4) is 0 Å². The van der Waals surface area contributed by atoms with Crippen LogP contribution in [0, 0.1) is 0 Å². The van der Waals surface area contributed by atoms with Gasteiger partial charge < -0.3 is 16.8 Å². The Hall–Kier alpha value is -2.76. The van der Waals surface area contributed by atoms with Crippen LogP contribution in [0.1, 0.15) is 5.56 Å². The van der Waals surface area contributed by atoms with E-state index in [0.29, 0.717) is 0 Å². The lowest BCUT2D eigenvalue weighted by Crippen LogP contribution is -3.00. The zero-order valence-electron chi connectivity index (χ0n) is 12.2. The number of hydrazone groups is 1. The van der Waals surface area contributed by atoms with E-state index in [1.807, 2.05) is 70.3 Å². The van der Waals surface area contributed by atoms with Crippen molar-refractivity contribution >= 4 is 17.2 Å². The van der Waals surface area contributed by atoms with Gasteiger partial charge in [0.25, 0.3) is 5.84 Å². The molecule has 2 aromatic carbocycles. The van der Waals surface area contributed by atoms with Gasteiger partial charge in [-0.15, -0.1) is 10.2 Å². The van der Waals surface area contributed by atoms with E-state index in [9.17, 15) is 0 Å². The molecule has 0 fully saturated rings. The summed E-state index contributed by atoms with van der Waals surface area (Å²) in [5.74, 6) is 0.862. The van der Waals surface area contributed by atoms with Crippen LogP contribution >= 0.6 is 0 Å². The molecule has 0 saturated carbocycles. The molecule has 2 heterocycles. The number of benzene rings is 2. The van der Waals surface area contributed by atoms with Crippen molar-refractivity contribution in [2.75, 3.05) is 10.2 Å². The van der Waals surface area contributed by atoms with Crippen molar-refractivity contribution in [3.63, 3.8) is 0 Å². The maximum Gasteiger partial charge on any atom is 0.280 e. The van der Waals surface area contributed by atoms with E-state index in [1.165, 1.54) is 0 Å². The summed E-state index contributed by atoms with van der Waals surface area (Å²) < 4.78 is 5.17. The second kappa shape index (κ2) is 6.56. The number of nitrogens with zero attached hydrogens (tertiary/aromatic N) is 3. The van der Waals surface area contributed by atoms with Crippen LogP contribution in [-0.2, 0) is 0 Å². The van der Waals surface area contributed by atoms with Gasteiger partial charge in [-0.2, -0.15) is 5.43 Å². The first kappa shape index (κ1) is 15.1. The number of halogens is 1. The first-order valence-corrected chi connectivity index (χ1v) is 7.07. The van der Waals surface area contributed by atoms with Crippen LogP contribution < -0.4 is 28.1 Å². The lowest BCUT2D eigenvalue weighted by Gasteiger charge is -2.23. The maximum absolute atomic E-state index is 5.17. The van der Waals surface area contributed by atoms with Crippen LogP contribution in [-0.4, -0.2) is 5.84 Å². The van der Waals surface area contributed by atoms with Crippen molar-refractivity contribution in [1.82, 2.24) is 0 Å². The third kappa shape index (κ3) is 2.92. The van der Waals surface area contributed by atoms with Gasteiger partial charge in [0.05, 0.1) is 17.5 Å². The molecule has 0 saturated heterocycles. The highest BCUT2D eigenvalue weighted by Crippen LogP contribution is 2.22. The Morgan fingerprint density at radius 3 is 2.09 bits per heavy atom. The van der Waals surface area contributed by atoms with E-state index >= 15 is 0 Å². The molecule has 0 aliphatic carbocycles. The monoisotopic (exact) mass is 326 g/mol. The number of anilines is 2. The fraction of sp³-hybridized carbons (Fsp3) is 0. The summed E-state index contributed by atoms with van der Waals surface area (Å²) in [6.07, 6.45) is 3.36. The number of furan rings is 1. The van der Waals surface area contributed by atoms with Gasteiger partial charge in [-0.25, -0.2) is 0 Å². The highest BCUT2D eigenvalue weighted by atomic mass is 35.5. The Balaban J connectivity index is 0.00000156. The average Bonchev–Trinajstić information content (AvgIpc) is 3.26. The van der Waals surface area contributed by atoms with Crippen molar-refractivity contribution < 1.29 is 22.2 Å². The maximum atomic E-state index is 5.17. The second-order valence-electron chi connectivity index (χ2n) is 4.93. The number of quaternary nitrogens is 1. The van der Waals surface area contributed by atoms with Crippen LogP contribution in [0.5, 0.6) is 0 Å². The quantitative estimate of drug-likeness (QED) is 0.652. The Labute approximate surface area is 140 Å². The molecule has 1 aliphatic rings. The molecular formula is C17H15ClN4O. The summed E-state index contributed by atoms with van der Waals surface area (Å²) in [5.41, 5.74) is 5.02. The van der Waals surface area contributed by atoms with E-state index in [4.69, 9.17) is 9.52 Å². The van der Waals surface area contributed by atoms with E-state index in [-0.39, 0.29) is 12.4 Å². The third-order valence-corrected chi connectivity index (χ3v) is 3.48. The van der Waals surface area contributed by atoms with Gasteiger partial charge in [0.2, 0.25) is 0 Å². The van der Waals surface area contributed by atoms with Gasteiger partial charge in [0.15, 0.2) is 0 Å². The Kier molecular flexibility index (Phi) is 4.32. The number of hydrogen-bond donors (Lipinski definition) is 1. The predicted molar refractivity (Wildman–Crippen MR) is 85.0 cm³/mol. The lowest BCUT2D eigenvalue weighted by molar-refractivity contribution is -0.545. The van der Waals surface area contributed by atoms with E-state index < -0.39 is 0 Å². The van der Waals surface area contributed by atoms with Crippen LogP contribution in [0.25, 0.3) is 0 Å². The zero-order chi connectivity index (χ0) is 14.8. The number of amidine groups is 1. The van der Waals surface area contributed by atoms with Crippen LogP contribution in [0.2, 0.25) is 0 Å². The second-order valence-corrected chi connectivity index (χ2v) is 4.93. The molecule has 0 atom stereocenters. The highest BCUT2D eigenvalue weighted by Gasteiger charge is 2.31. The normalized spacial score (nSPS) is 13.7. The SMILES string of the molecule is [Cl-].c1ccc(N2N=C(c3ccoc3)[NH2+]N2c2ccccc2)cc1. The molecule has 116 valence electrons. The van der Waals surface area contributed by atoms with Gasteiger partial charge in [0.1, 0.15) is 12.0 Å². The topological polar surface area (TPSA) is 48.6 Å². The predicted octanol–water partition coefficient (Wildman–Crippen LogP) is -0.635. The van der Waals surface area contributed by atoms with Crippen LogP contribution in [0.15, 0.2) is 88.8 Å². The summed E-state index contributed by atoms with van der Waals surface area (Å²) in [6.45, 7) is 0. The van der Waals surface area contributed by atoms with Gasteiger partial charge in [-0.1, -0.05) is 41.5 Å². The molecule has 1 aliphatic heterocycles. The molecule has 23 heavy (non-hydrogen) atoms. The van der Waals surface area contributed by atoms with Gasteiger partial charge >= 0.3 is 0 Å². The molecular weight excluding hydrogens is 312 g/mol. The van der Waals surface area contributed by atoms with Crippen LogP contribution in [0.4, 0.5) is 11.4 Å². The van der Waals surface area contributed by atoms with Gasteiger partial charge in [-0.05, 0) is 30.3 Å². The first-order valence-electron chi connectivity index (χ1n) is 7.07. The highest BCUT2D eigenvalue weighted by molar-refractivity contribution is 5.93. The summed E-state index contributed by atoms with van der Waals surface area (Å²) in [7, 11) is 0. The average molecular weight is 327 g/mol. The summed E-state index contributed by atoms with van der Waals surface area (Å²) in [6, 6.07) is 22.1. The molecule has 5 nitrogen and oxygen atoms in total. The minimum atomic E-state index is 0. The van der Waals surface area contributed by atoms with E-state index in [2.05, 4.69) is 12.1 Å².